The van der Waals surface area contributed by atoms with Crippen LogP contribution in [0.2, 0.25) is 0 Å². The fraction of sp³-hybridized carbons (Fsp3) is 0.500. The van der Waals surface area contributed by atoms with Crippen LogP contribution in [0.1, 0.15) is 23.2 Å². The van der Waals surface area contributed by atoms with Crippen molar-refractivity contribution < 1.29 is 9.53 Å². The Kier molecular flexibility index (Phi) is 4.40. The van der Waals surface area contributed by atoms with E-state index >= 15 is 0 Å². The summed E-state index contributed by atoms with van der Waals surface area (Å²) >= 11 is 0. The van der Waals surface area contributed by atoms with Gasteiger partial charge in [0.2, 0.25) is 0 Å². The van der Waals surface area contributed by atoms with Gasteiger partial charge in [0.1, 0.15) is 5.65 Å². The Morgan fingerprint density at radius 2 is 2.27 bits per heavy atom. The zero-order valence-electron chi connectivity index (χ0n) is 12.8. The summed E-state index contributed by atoms with van der Waals surface area (Å²) in [6.45, 7) is 3.26. The van der Waals surface area contributed by atoms with E-state index in [2.05, 4.69) is 15.6 Å². The molecule has 0 radical (unpaired) electrons. The second-order valence-electron chi connectivity index (χ2n) is 5.98. The van der Waals surface area contributed by atoms with Gasteiger partial charge in [-0.1, -0.05) is 0 Å². The second kappa shape index (κ2) is 6.46. The Bertz CT molecular complexity index is 641. The molecule has 1 aliphatic heterocycles. The molecule has 118 valence electrons. The molecule has 2 aromatic heterocycles. The molecule has 2 N–H and O–H groups in total. The molecule has 0 saturated carbocycles. The first-order valence-electron chi connectivity index (χ1n) is 7.63. The highest BCUT2D eigenvalue weighted by molar-refractivity contribution is 5.94. The summed E-state index contributed by atoms with van der Waals surface area (Å²) < 4.78 is 7.23. The maximum absolute atomic E-state index is 12.4. The summed E-state index contributed by atoms with van der Waals surface area (Å²) in [5.74, 6) is -0.0513. The van der Waals surface area contributed by atoms with Gasteiger partial charge in [0.05, 0.1) is 12.2 Å². The largest absolute Gasteiger partial charge is 0.384 e. The van der Waals surface area contributed by atoms with E-state index < -0.39 is 0 Å². The molecule has 3 heterocycles. The van der Waals surface area contributed by atoms with E-state index in [1.54, 1.807) is 13.3 Å². The van der Waals surface area contributed by atoms with Crippen LogP contribution in [0, 0.1) is 5.41 Å². The van der Waals surface area contributed by atoms with Gasteiger partial charge in [-0.15, -0.1) is 0 Å². The molecule has 1 amide bonds. The number of ether oxygens (including phenoxy) is 1. The summed E-state index contributed by atoms with van der Waals surface area (Å²) in [6, 6.07) is 3.66. The number of methoxy groups -OCH3 is 1. The van der Waals surface area contributed by atoms with Crippen molar-refractivity contribution in [3.05, 3.63) is 36.3 Å². The number of hydrogen-bond donors (Lipinski definition) is 2. The Morgan fingerprint density at radius 3 is 3.05 bits per heavy atom. The first-order valence-corrected chi connectivity index (χ1v) is 7.63. The number of aromatic nitrogens is 2. The van der Waals surface area contributed by atoms with E-state index in [9.17, 15) is 4.79 Å². The summed E-state index contributed by atoms with van der Waals surface area (Å²) in [5.41, 5.74) is 1.52. The third-order valence-electron chi connectivity index (χ3n) is 4.39. The molecule has 0 atom stereocenters. The van der Waals surface area contributed by atoms with Crippen molar-refractivity contribution in [3.8, 4) is 0 Å². The van der Waals surface area contributed by atoms with Crippen molar-refractivity contribution >= 4 is 11.6 Å². The molecule has 0 spiro atoms. The summed E-state index contributed by atoms with van der Waals surface area (Å²) in [7, 11) is 1.72. The smallest absolute Gasteiger partial charge is 0.252 e. The molecule has 3 rings (SSSR count). The maximum atomic E-state index is 12.4. The lowest BCUT2D eigenvalue weighted by molar-refractivity contribution is 0.0511. The standard InChI is InChI=1S/C16H22N4O2/c1-22-12-16(4-6-17-7-5-16)11-19-15(21)13-2-3-14-18-8-9-20(14)10-13/h2-3,8-10,17H,4-7,11-12H2,1H3,(H,19,21). The summed E-state index contributed by atoms with van der Waals surface area (Å²) in [4.78, 5) is 16.6. The van der Waals surface area contributed by atoms with Crippen LogP contribution in [0.5, 0.6) is 0 Å². The number of pyridine rings is 1. The van der Waals surface area contributed by atoms with Crippen LogP contribution in [-0.2, 0) is 4.74 Å². The van der Waals surface area contributed by atoms with Gasteiger partial charge in [0.15, 0.2) is 0 Å². The Balaban J connectivity index is 1.67. The third-order valence-corrected chi connectivity index (χ3v) is 4.39. The number of rotatable bonds is 5. The zero-order chi connectivity index (χ0) is 15.4. The summed E-state index contributed by atoms with van der Waals surface area (Å²) in [5, 5.41) is 6.43. The molecule has 0 unspecified atom stereocenters. The predicted octanol–water partition coefficient (Wildman–Crippen LogP) is 1.08. The lowest BCUT2D eigenvalue weighted by atomic mass is 9.79. The van der Waals surface area contributed by atoms with Gasteiger partial charge >= 0.3 is 0 Å². The molecule has 1 fully saturated rings. The lowest BCUT2D eigenvalue weighted by Gasteiger charge is -2.37. The van der Waals surface area contributed by atoms with Crippen molar-refractivity contribution in [1.29, 1.82) is 0 Å². The molecule has 1 aliphatic rings. The number of piperidine rings is 1. The normalized spacial score (nSPS) is 17.5. The van der Waals surface area contributed by atoms with Crippen molar-refractivity contribution in [1.82, 2.24) is 20.0 Å². The average molecular weight is 302 g/mol. The van der Waals surface area contributed by atoms with E-state index in [0.717, 1.165) is 31.6 Å². The number of nitrogens with one attached hydrogen (secondary N) is 2. The van der Waals surface area contributed by atoms with E-state index in [-0.39, 0.29) is 11.3 Å². The minimum atomic E-state index is -0.0513. The first kappa shape index (κ1) is 15.0. The SMILES string of the molecule is COCC1(CNC(=O)c2ccc3nccn3c2)CCNCC1. The highest BCUT2D eigenvalue weighted by Gasteiger charge is 2.32. The Hall–Kier alpha value is -1.92. The quantitative estimate of drug-likeness (QED) is 0.867. The van der Waals surface area contributed by atoms with E-state index in [1.165, 1.54) is 0 Å². The maximum Gasteiger partial charge on any atom is 0.252 e. The highest BCUT2D eigenvalue weighted by atomic mass is 16.5. The topological polar surface area (TPSA) is 67.7 Å². The lowest BCUT2D eigenvalue weighted by Crippen LogP contribution is -2.47. The number of fused-ring (bicyclic) bond motifs is 1. The van der Waals surface area contributed by atoms with Gasteiger partial charge in [-0.3, -0.25) is 4.79 Å². The van der Waals surface area contributed by atoms with E-state index in [1.807, 2.05) is 28.9 Å². The van der Waals surface area contributed by atoms with Crippen LogP contribution in [0.3, 0.4) is 0 Å². The van der Waals surface area contributed by atoms with E-state index in [0.29, 0.717) is 18.7 Å². The monoisotopic (exact) mass is 302 g/mol. The second-order valence-corrected chi connectivity index (χ2v) is 5.98. The van der Waals surface area contributed by atoms with Gasteiger partial charge < -0.3 is 19.8 Å². The van der Waals surface area contributed by atoms with Crippen LogP contribution >= 0.6 is 0 Å². The first-order chi connectivity index (χ1) is 10.7. The Morgan fingerprint density at radius 1 is 1.45 bits per heavy atom. The molecule has 1 saturated heterocycles. The summed E-state index contributed by atoms with van der Waals surface area (Å²) in [6.07, 6.45) is 7.40. The number of hydrogen-bond acceptors (Lipinski definition) is 4. The molecule has 0 aliphatic carbocycles. The van der Waals surface area contributed by atoms with Crippen LogP contribution < -0.4 is 10.6 Å². The van der Waals surface area contributed by atoms with Crippen LogP contribution in [0.4, 0.5) is 0 Å². The Labute approximate surface area is 129 Å². The molecule has 0 bridgehead atoms. The minimum absolute atomic E-state index is 0.0365. The molecule has 6 nitrogen and oxygen atoms in total. The fourth-order valence-electron chi connectivity index (χ4n) is 3.06. The van der Waals surface area contributed by atoms with Crippen molar-refractivity contribution in [3.63, 3.8) is 0 Å². The molecule has 22 heavy (non-hydrogen) atoms. The zero-order valence-corrected chi connectivity index (χ0v) is 12.8. The number of carbonyl (C=O) groups excluding carboxylic acids is 1. The van der Waals surface area contributed by atoms with Crippen molar-refractivity contribution in [2.24, 2.45) is 5.41 Å². The van der Waals surface area contributed by atoms with Gasteiger partial charge in [-0.05, 0) is 38.1 Å². The fourth-order valence-corrected chi connectivity index (χ4v) is 3.06. The minimum Gasteiger partial charge on any atom is -0.384 e. The molecule has 2 aromatic rings. The van der Waals surface area contributed by atoms with Gasteiger partial charge in [-0.25, -0.2) is 4.98 Å². The van der Waals surface area contributed by atoms with Crippen LogP contribution in [0.15, 0.2) is 30.7 Å². The number of amides is 1. The van der Waals surface area contributed by atoms with E-state index in [4.69, 9.17) is 4.74 Å². The molecule has 6 heteroatoms. The predicted molar refractivity (Wildman–Crippen MR) is 83.9 cm³/mol. The number of imidazole rings is 1. The number of nitrogens with zero attached hydrogens (tertiary/aromatic N) is 2. The van der Waals surface area contributed by atoms with Gasteiger partial charge in [0.25, 0.3) is 5.91 Å². The highest BCUT2D eigenvalue weighted by Crippen LogP contribution is 2.28. The average Bonchev–Trinajstić information content (AvgIpc) is 3.01. The number of carbonyl (C=O) groups is 1. The van der Waals surface area contributed by atoms with Crippen LogP contribution in [-0.4, -0.2) is 48.6 Å². The van der Waals surface area contributed by atoms with Crippen LogP contribution in [0.25, 0.3) is 5.65 Å². The molecular weight excluding hydrogens is 280 g/mol. The molecular formula is C16H22N4O2. The van der Waals surface area contributed by atoms with Gasteiger partial charge in [0, 0.05) is 37.7 Å². The molecule has 0 aromatic carbocycles. The third kappa shape index (κ3) is 3.13. The van der Waals surface area contributed by atoms with Crippen molar-refractivity contribution in [2.45, 2.75) is 12.8 Å². The van der Waals surface area contributed by atoms with Gasteiger partial charge in [-0.2, -0.15) is 0 Å². The van der Waals surface area contributed by atoms with Crippen molar-refractivity contribution in [2.75, 3.05) is 33.4 Å².